The van der Waals surface area contributed by atoms with Gasteiger partial charge in [-0.05, 0) is 48.7 Å². The minimum atomic E-state index is 0.459. The predicted molar refractivity (Wildman–Crippen MR) is 93.3 cm³/mol. The Morgan fingerprint density at radius 2 is 2.00 bits per heavy atom. The molecule has 0 fully saturated rings. The topological polar surface area (TPSA) is 12.0 Å². The fourth-order valence-electron chi connectivity index (χ4n) is 2.28. The molecule has 1 heterocycles. The van der Waals surface area contributed by atoms with Gasteiger partial charge in [0, 0.05) is 20.3 Å². The van der Waals surface area contributed by atoms with Crippen LogP contribution >= 0.6 is 27.3 Å². The molecule has 2 aromatic rings. The van der Waals surface area contributed by atoms with Crippen molar-refractivity contribution < 1.29 is 0 Å². The van der Waals surface area contributed by atoms with E-state index in [1.807, 2.05) is 11.3 Å². The van der Waals surface area contributed by atoms with Crippen LogP contribution < -0.4 is 5.32 Å². The Labute approximate surface area is 134 Å². The first-order valence-corrected chi connectivity index (χ1v) is 8.81. The van der Waals surface area contributed by atoms with Gasteiger partial charge in [0.1, 0.15) is 0 Å². The van der Waals surface area contributed by atoms with Gasteiger partial charge in [0.15, 0.2) is 0 Å². The summed E-state index contributed by atoms with van der Waals surface area (Å²) in [6.45, 7) is 7.86. The SMILES string of the molecule is CCCNC(c1ccc(-c2cccc(Br)c2)s1)C(C)C. The zero-order valence-corrected chi connectivity index (χ0v) is 14.7. The molecule has 0 aliphatic carbocycles. The van der Waals surface area contributed by atoms with E-state index >= 15 is 0 Å². The van der Waals surface area contributed by atoms with Gasteiger partial charge < -0.3 is 5.32 Å². The molecule has 0 bridgehead atoms. The van der Waals surface area contributed by atoms with Crippen LogP contribution in [-0.4, -0.2) is 6.54 Å². The molecule has 0 saturated carbocycles. The Morgan fingerprint density at radius 3 is 2.65 bits per heavy atom. The largest absolute Gasteiger partial charge is 0.309 e. The first-order valence-electron chi connectivity index (χ1n) is 7.21. The monoisotopic (exact) mass is 351 g/mol. The molecule has 1 aromatic heterocycles. The Morgan fingerprint density at radius 1 is 1.20 bits per heavy atom. The molecule has 0 radical (unpaired) electrons. The highest BCUT2D eigenvalue weighted by Crippen LogP contribution is 2.34. The Bertz CT molecular complexity index is 547. The third-order valence-corrected chi connectivity index (χ3v) is 5.03. The summed E-state index contributed by atoms with van der Waals surface area (Å²) in [5.41, 5.74) is 1.29. The summed E-state index contributed by atoms with van der Waals surface area (Å²) in [4.78, 5) is 2.77. The molecule has 1 atom stereocenters. The summed E-state index contributed by atoms with van der Waals surface area (Å²) in [7, 11) is 0. The quantitative estimate of drug-likeness (QED) is 0.685. The van der Waals surface area contributed by atoms with Crippen molar-refractivity contribution in [2.75, 3.05) is 6.54 Å². The van der Waals surface area contributed by atoms with Gasteiger partial charge in [0.2, 0.25) is 0 Å². The number of halogens is 1. The lowest BCUT2D eigenvalue weighted by atomic mass is 10.0. The number of hydrogen-bond donors (Lipinski definition) is 1. The van der Waals surface area contributed by atoms with Crippen LogP contribution in [0, 0.1) is 5.92 Å². The van der Waals surface area contributed by atoms with E-state index in [-0.39, 0.29) is 0 Å². The Kier molecular flexibility index (Phi) is 5.82. The molecule has 0 amide bonds. The molecule has 2 rings (SSSR count). The van der Waals surface area contributed by atoms with Crippen LogP contribution in [-0.2, 0) is 0 Å². The maximum atomic E-state index is 3.66. The van der Waals surface area contributed by atoms with E-state index < -0.39 is 0 Å². The molecule has 1 unspecified atom stereocenters. The predicted octanol–water partition coefficient (Wildman–Crippen LogP) is 5.87. The zero-order valence-electron chi connectivity index (χ0n) is 12.3. The minimum absolute atomic E-state index is 0.459. The Balaban J connectivity index is 2.22. The van der Waals surface area contributed by atoms with E-state index in [4.69, 9.17) is 0 Å². The second-order valence-electron chi connectivity index (χ2n) is 5.39. The molecular formula is C17H22BrNS. The van der Waals surface area contributed by atoms with Crippen LogP contribution in [0.3, 0.4) is 0 Å². The number of nitrogens with one attached hydrogen (secondary N) is 1. The lowest BCUT2D eigenvalue weighted by Crippen LogP contribution is -2.25. The zero-order chi connectivity index (χ0) is 14.5. The van der Waals surface area contributed by atoms with Gasteiger partial charge >= 0.3 is 0 Å². The van der Waals surface area contributed by atoms with Gasteiger partial charge in [-0.25, -0.2) is 0 Å². The van der Waals surface area contributed by atoms with Gasteiger partial charge in [-0.15, -0.1) is 11.3 Å². The first kappa shape index (κ1) is 15.7. The molecule has 1 aromatic carbocycles. The highest BCUT2D eigenvalue weighted by atomic mass is 79.9. The molecule has 108 valence electrons. The molecule has 20 heavy (non-hydrogen) atoms. The number of hydrogen-bond acceptors (Lipinski definition) is 2. The standard InChI is InChI=1S/C17H22BrNS/c1-4-10-19-17(12(2)3)16-9-8-15(20-16)13-6-5-7-14(18)11-13/h5-9,11-12,17,19H,4,10H2,1-3H3. The third kappa shape index (κ3) is 3.94. The molecule has 0 aliphatic rings. The van der Waals surface area contributed by atoms with Crippen molar-refractivity contribution >= 4 is 27.3 Å². The normalized spacial score (nSPS) is 12.8. The first-order chi connectivity index (χ1) is 9.61. The molecule has 0 aliphatic heterocycles. The van der Waals surface area contributed by atoms with Crippen LogP contribution in [0.1, 0.15) is 38.1 Å². The van der Waals surface area contributed by atoms with Gasteiger partial charge in [-0.1, -0.05) is 48.8 Å². The van der Waals surface area contributed by atoms with E-state index in [2.05, 4.69) is 78.4 Å². The lowest BCUT2D eigenvalue weighted by Gasteiger charge is -2.20. The summed E-state index contributed by atoms with van der Waals surface area (Å²) in [5, 5.41) is 3.66. The van der Waals surface area contributed by atoms with E-state index in [0.29, 0.717) is 12.0 Å². The smallest absolute Gasteiger partial charge is 0.0438 e. The molecule has 1 N–H and O–H groups in total. The van der Waals surface area contributed by atoms with E-state index in [1.54, 1.807) is 0 Å². The van der Waals surface area contributed by atoms with E-state index in [1.165, 1.54) is 21.7 Å². The summed E-state index contributed by atoms with van der Waals surface area (Å²) in [5.74, 6) is 0.607. The van der Waals surface area contributed by atoms with Crippen molar-refractivity contribution in [1.29, 1.82) is 0 Å². The maximum Gasteiger partial charge on any atom is 0.0438 e. The van der Waals surface area contributed by atoms with Crippen LogP contribution in [0.4, 0.5) is 0 Å². The third-order valence-electron chi connectivity index (χ3n) is 3.32. The second-order valence-corrected chi connectivity index (χ2v) is 7.42. The highest BCUT2D eigenvalue weighted by Gasteiger charge is 2.17. The van der Waals surface area contributed by atoms with Gasteiger partial charge in [-0.3, -0.25) is 0 Å². The van der Waals surface area contributed by atoms with Gasteiger partial charge in [0.25, 0.3) is 0 Å². The minimum Gasteiger partial charge on any atom is -0.309 e. The summed E-state index contributed by atoms with van der Waals surface area (Å²) < 4.78 is 1.13. The van der Waals surface area contributed by atoms with E-state index in [9.17, 15) is 0 Å². The highest BCUT2D eigenvalue weighted by molar-refractivity contribution is 9.10. The van der Waals surface area contributed by atoms with E-state index in [0.717, 1.165) is 11.0 Å². The number of rotatable bonds is 6. The fraction of sp³-hybridized carbons (Fsp3) is 0.412. The number of benzene rings is 1. The van der Waals surface area contributed by atoms with Crippen molar-refractivity contribution in [3.8, 4) is 10.4 Å². The van der Waals surface area contributed by atoms with Crippen molar-refractivity contribution in [2.24, 2.45) is 5.92 Å². The molecule has 3 heteroatoms. The number of thiophene rings is 1. The average Bonchev–Trinajstić information content (AvgIpc) is 2.88. The fourth-order valence-corrected chi connectivity index (χ4v) is 3.93. The second kappa shape index (κ2) is 7.39. The van der Waals surface area contributed by atoms with Crippen molar-refractivity contribution in [2.45, 2.75) is 33.2 Å². The van der Waals surface area contributed by atoms with Crippen LogP contribution in [0.5, 0.6) is 0 Å². The van der Waals surface area contributed by atoms with Crippen LogP contribution in [0.25, 0.3) is 10.4 Å². The lowest BCUT2D eigenvalue weighted by molar-refractivity contribution is 0.418. The van der Waals surface area contributed by atoms with Crippen LogP contribution in [0.15, 0.2) is 40.9 Å². The molecule has 1 nitrogen and oxygen atoms in total. The average molecular weight is 352 g/mol. The van der Waals surface area contributed by atoms with Crippen LogP contribution in [0.2, 0.25) is 0 Å². The van der Waals surface area contributed by atoms with Crippen molar-refractivity contribution in [3.63, 3.8) is 0 Å². The van der Waals surface area contributed by atoms with Gasteiger partial charge in [0.05, 0.1) is 0 Å². The molecule has 0 spiro atoms. The van der Waals surface area contributed by atoms with Gasteiger partial charge in [-0.2, -0.15) is 0 Å². The summed E-state index contributed by atoms with van der Waals surface area (Å²) in [6, 6.07) is 13.5. The van der Waals surface area contributed by atoms with Crippen molar-refractivity contribution in [3.05, 3.63) is 45.7 Å². The van der Waals surface area contributed by atoms with Crippen molar-refractivity contribution in [1.82, 2.24) is 5.32 Å². The molecular weight excluding hydrogens is 330 g/mol. The Hall–Kier alpha value is -0.640. The molecule has 0 saturated heterocycles. The summed E-state index contributed by atoms with van der Waals surface area (Å²) >= 11 is 5.44. The maximum absolute atomic E-state index is 3.66. The summed E-state index contributed by atoms with van der Waals surface area (Å²) in [6.07, 6.45) is 1.17.